The van der Waals surface area contributed by atoms with Crippen LogP contribution in [0.4, 0.5) is 13.2 Å². The molecule has 1 aliphatic rings. The van der Waals surface area contributed by atoms with Gasteiger partial charge in [0.25, 0.3) is 0 Å². The molecule has 1 heterocycles. The molecule has 0 saturated carbocycles. The molecule has 1 saturated heterocycles. The number of carbonyl (C=O) groups excluding carboxylic acids is 1. The Balaban J connectivity index is 2.49. The minimum absolute atomic E-state index is 0.0455. The Morgan fingerprint density at radius 1 is 1.50 bits per heavy atom. The highest BCUT2D eigenvalue weighted by molar-refractivity contribution is 5.77. The third kappa shape index (κ3) is 3.68. The Morgan fingerprint density at radius 2 is 2.12 bits per heavy atom. The Morgan fingerprint density at radius 3 is 2.56 bits per heavy atom. The number of alkyl halides is 3. The number of amides is 1. The Kier molecular flexibility index (Phi) is 4.21. The maximum atomic E-state index is 12.2. The number of likely N-dealkylation sites (tertiary alicyclic amines) is 1. The molecule has 1 amide bonds. The number of hydrogen-bond acceptors (Lipinski definition) is 1. The van der Waals surface area contributed by atoms with E-state index in [0.29, 0.717) is 13.0 Å². The van der Waals surface area contributed by atoms with E-state index in [4.69, 9.17) is 0 Å². The van der Waals surface area contributed by atoms with E-state index in [-0.39, 0.29) is 18.4 Å². The molecule has 2 unspecified atom stereocenters. The Labute approximate surface area is 93.8 Å². The molecule has 16 heavy (non-hydrogen) atoms. The van der Waals surface area contributed by atoms with E-state index in [1.54, 1.807) is 4.90 Å². The van der Waals surface area contributed by atoms with Crippen LogP contribution in [0.15, 0.2) is 0 Å². The molecule has 0 radical (unpaired) electrons. The molecule has 2 atom stereocenters. The number of nitrogens with zero attached hydrogens (tertiary/aromatic N) is 1. The zero-order valence-electron chi connectivity index (χ0n) is 9.68. The molecule has 0 aromatic carbocycles. The first-order valence-corrected chi connectivity index (χ1v) is 5.69. The second-order valence-corrected chi connectivity index (χ2v) is 4.52. The van der Waals surface area contributed by atoms with Gasteiger partial charge >= 0.3 is 6.18 Å². The summed E-state index contributed by atoms with van der Waals surface area (Å²) >= 11 is 0. The SMILES string of the molecule is CCC(C)N1CCC(CC(F)(F)F)CC1=O. The fraction of sp³-hybridized carbons (Fsp3) is 0.909. The van der Waals surface area contributed by atoms with Crippen LogP contribution < -0.4 is 0 Å². The topological polar surface area (TPSA) is 20.3 Å². The Hall–Kier alpha value is -0.740. The number of rotatable bonds is 3. The van der Waals surface area contributed by atoms with Gasteiger partial charge in [-0.25, -0.2) is 0 Å². The standard InChI is InChI=1S/C11H18F3NO/c1-3-8(2)15-5-4-9(6-10(15)16)7-11(12,13)14/h8-9H,3-7H2,1-2H3. The molecule has 94 valence electrons. The first kappa shape index (κ1) is 13.3. The van der Waals surface area contributed by atoms with Gasteiger partial charge in [-0.05, 0) is 25.7 Å². The van der Waals surface area contributed by atoms with E-state index >= 15 is 0 Å². The molecule has 0 aliphatic carbocycles. The molecule has 1 fully saturated rings. The fourth-order valence-corrected chi connectivity index (χ4v) is 2.10. The number of piperidine rings is 1. The highest BCUT2D eigenvalue weighted by Crippen LogP contribution is 2.32. The minimum Gasteiger partial charge on any atom is -0.340 e. The van der Waals surface area contributed by atoms with Crippen LogP contribution in [0.3, 0.4) is 0 Å². The summed E-state index contributed by atoms with van der Waals surface area (Å²) in [4.78, 5) is 13.4. The summed E-state index contributed by atoms with van der Waals surface area (Å²) in [6.07, 6.45) is -3.62. The predicted octanol–water partition coefficient (Wildman–Crippen LogP) is 2.98. The molecule has 1 aliphatic heterocycles. The van der Waals surface area contributed by atoms with Crippen molar-refractivity contribution < 1.29 is 18.0 Å². The van der Waals surface area contributed by atoms with Gasteiger partial charge in [0.05, 0.1) is 0 Å². The molecule has 0 spiro atoms. The summed E-state index contributed by atoms with van der Waals surface area (Å²) in [5, 5.41) is 0. The lowest BCUT2D eigenvalue weighted by atomic mass is 9.92. The normalized spacial score (nSPS) is 24.7. The molecule has 0 N–H and O–H groups in total. The van der Waals surface area contributed by atoms with Crippen molar-refractivity contribution in [2.75, 3.05) is 6.54 Å². The van der Waals surface area contributed by atoms with Crippen molar-refractivity contribution in [1.29, 1.82) is 0 Å². The molecule has 5 heteroatoms. The van der Waals surface area contributed by atoms with Gasteiger partial charge in [-0.2, -0.15) is 13.2 Å². The van der Waals surface area contributed by atoms with E-state index in [9.17, 15) is 18.0 Å². The molecule has 1 rings (SSSR count). The third-order valence-corrected chi connectivity index (χ3v) is 3.20. The minimum atomic E-state index is -4.15. The van der Waals surface area contributed by atoms with Crippen molar-refractivity contribution in [2.24, 2.45) is 5.92 Å². The summed E-state index contributed by atoms with van der Waals surface area (Å²) in [6, 6.07) is 0.138. The van der Waals surface area contributed by atoms with Gasteiger partial charge in [0.1, 0.15) is 0 Å². The summed E-state index contributed by atoms with van der Waals surface area (Å²) in [7, 11) is 0. The van der Waals surface area contributed by atoms with Gasteiger partial charge in [-0.1, -0.05) is 6.92 Å². The zero-order chi connectivity index (χ0) is 12.3. The second kappa shape index (κ2) is 5.06. The predicted molar refractivity (Wildman–Crippen MR) is 54.9 cm³/mol. The highest BCUT2D eigenvalue weighted by atomic mass is 19.4. The van der Waals surface area contributed by atoms with E-state index in [2.05, 4.69) is 0 Å². The lowest BCUT2D eigenvalue weighted by molar-refractivity contribution is -0.154. The summed E-state index contributed by atoms with van der Waals surface area (Å²) in [5.41, 5.74) is 0. The van der Waals surface area contributed by atoms with Gasteiger partial charge in [-0.3, -0.25) is 4.79 Å². The molecule has 0 bridgehead atoms. The first-order chi connectivity index (χ1) is 7.33. The van der Waals surface area contributed by atoms with E-state index < -0.39 is 18.5 Å². The van der Waals surface area contributed by atoms with Crippen LogP contribution in [0.5, 0.6) is 0 Å². The van der Waals surface area contributed by atoms with Gasteiger partial charge < -0.3 is 4.90 Å². The summed E-state index contributed by atoms with van der Waals surface area (Å²) < 4.78 is 36.5. The van der Waals surface area contributed by atoms with Crippen molar-refractivity contribution in [3.05, 3.63) is 0 Å². The third-order valence-electron chi connectivity index (χ3n) is 3.20. The molecular formula is C11H18F3NO. The lowest BCUT2D eigenvalue weighted by Gasteiger charge is -2.35. The molecule has 2 nitrogen and oxygen atoms in total. The number of hydrogen-bond donors (Lipinski definition) is 0. The van der Waals surface area contributed by atoms with Crippen LogP contribution in [0.2, 0.25) is 0 Å². The quantitative estimate of drug-likeness (QED) is 0.739. The molecular weight excluding hydrogens is 219 g/mol. The van der Waals surface area contributed by atoms with Gasteiger partial charge in [-0.15, -0.1) is 0 Å². The van der Waals surface area contributed by atoms with Gasteiger partial charge in [0, 0.05) is 25.4 Å². The van der Waals surface area contributed by atoms with Crippen LogP contribution >= 0.6 is 0 Å². The van der Waals surface area contributed by atoms with E-state index in [1.165, 1.54) is 0 Å². The van der Waals surface area contributed by atoms with Gasteiger partial charge in [0.2, 0.25) is 5.91 Å². The zero-order valence-corrected chi connectivity index (χ0v) is 9.68. The molecule has 0 aromatic heterocycles. The summed E-state index contributed by atoms with van der Waals surface area (Å²) in [6.45, 7) is 4.37. The smallest absolute Gasteiger partial charge is 0.340 e. The van der Waals surface area contributed by atoms with Crippen molar-refractivity contribution in [1.82, 2.24) is 4.90 Å². The monoisotopic (exact) mass is 237 g/mol. The second-order valence-electron chi connectivity index (χ2n) is 4.52. The average Bonchev–Trinajstić information content (AvgIpc) is 2.14. The highest BCUT2D eigenvalue weighted by Gasteiger charge is 2.36. The van der Waals surface area contributed by atoms with Crippen LogP contribution in [-0.4, -0.2) is 29.6 Å². The van der Waals surface area contributed by atoms with Crippen LogP contribution in [0, 0.1) is 5.92 Å². The van der Waals surface area contributed by atoms with Crippen LogP contribution in [0.25, 0.3) is 0 Å². The van der Waals surface area contributed by atoms with E-state index in [1.807, 2.05) is 13.8 Å². The Bertz CT molecular complexity index is 252. The first-order valence-electron chi connectivity index (χ1n) is 5.69. The van der Waals surface area contributed by atoms with Gasteiger partial charge in [0.15, 0.2) is 0 Å². The van der Waals surface area contributed by atoms with Crippen molar-refractivity contribution >= 4 is 5.91 Å². The van der Waals surface area contributed by atoms with Crippen molar-refractivity contribution in [3.8, 4) is 0 Å². The largest absolute Gasteiger partial charge is 0.389 e. The summed E-state index contributed by atoms with van der Waals surface area (Å²) in [5.74, 6) is -0.650. The number of carbonyl (C=O) groups is 1. The van der Waals surface area contributed by atoms with Crippen molar-refractivity contribution in [3.63, 3.8) is 0 Å². The van der Waals surface area contributed by atoms with Crippen LogP contribution in [-0.2, 0) is 4.79 Å². The van der Waals surface area contributed by atoms with Crippen LogP contribution in [0.1, 0.15) is 39.5 Å². The lowest BCUT2D eigenvalue weighted by Crippen LogP contribution is -2.44. The van der Waals surface area contributed by atoms with Crippen molar-refractivity contribution in [2.45, 2.75) is 51.7 Å². The number of halogens is 3. The fourth-order valence-electron chi connectivity index (χ4n) is 2.10. The van der Waals surface area contributed by atoms with E-state index in [0.717, 1.165) is 6.42 Å². The molecule has 0 aromatic rings. The average molecular weight is 237 g/mol. The maximum Gasteiger partial charge on any atom is 0.389 e. The maximum absolute atomic E-state index is 12.2.